The maximum atomic E-state index is 12.3. The number of imide groups is 1. The standard InChI is InChI=1S/C20H23N5O3S/c26-16(8-13-25-18(27)14-6-2-3-7-15(14)19(25)28)21-20-23-22-17(29-20)9-12-24-10-4-1-5-11-24/h2-3,6-7H,1,4-5,8-13H2,(H,21,23,26). The van der Waals surface area contributed by atoms with Gasteiger partial charge in [0.2, 0.25) is 11.0 Å². The zero-order chi connectivity index (χ0) is 20.2. The van der Waals surface area contributed by atoms with E-state index >= 15 is 0 Å². The number of aromatic nitrogens is 2. The van der Waals surface area contributed by atoms with E-state index in [-0.39, 0.29) is 30.7 Å². The van der Waals surface area contributed by atoms with Gasteiger partial charge in [0.1, 0.15) is 5.01 Å². The van der Waals surface area contributed by atoms with Crippen molar-refractivity contribution in [3.8, 4) is 0 Å². The molecule has 29 heavy (non-hydrogen) atoms. The Morgan fingerprint density at radius 3 is 2.38 bits per heavy atom. The molecule has 152 valence electrons. The third-order valence-electron chi connectivity index (χ3n) is 5.24. The molecule has 4 rings (SSSR count). The molecule has 2 aromatic rings. The number of likely N-dealkylation sites (tertiary alicyclic amines) is 1. The molecule has 1 aromatic heterocycles. The maximum absolute atomic E-state index is 12.3. The van der Waals surface area contributed by atoms with Gasteiger partial charge in [-0.3, -0.25) is 19.3 Å². The van der Waals surface area contributed by atoms with Crippen LogP contribution in [-0.2, 0) is 11.2 Å². The van der Waals surface area contributed by atoms with Crippen LogP contribution in [0.1, 0.15) is 51.4 Å². The van der Waals surface area contributed by atoms with Crippen molar-refractivity contribution >= 4 is 34.2 Å². The van der Waals surface area contributed by atoms with Crippen LogP contribution in [0.25, 0.3) is 0 Å². The third kappa shape index (κ3) is 4.51. The van der Waals surface area contributed by atoms with Gasteiger partial charge in [-0.05, 0) is 38.1 Å². The first-order chi connectivity index (χ1) is 14.1. The van der Waals surface area contributed by atoms with E-state index in [2.05, 4.69) is 20.4 Å². The molecule has 1 N–H and O–H groups in total. The summed E-state index contributed by atoms with van der Waals surface area (Å²) < 4.78 is 0. The summed E-state index contributed by atoms with van der Waals surface area (Å²) >= 11 is 1.37. The fourth-order valence-corrected chi connectivity index (χ4v) is 4.42. The van der Waals surface area contributed by atoms with Crippen molar-refractivity contribution < 1.29 is 14.4 Å². The highest BCUT2D eigenvalue weighted by molar-refractivity contribution is 7.15. The largest absolute Gasteiger partial charge is 0.303 e. The van der Waals surface area contributed by atoms with Gasteiger partial charge >= 0.3 is 0 Å². The molecule has 9 heteroatoms. The molecule has 3 amide bonds. The molecule has 1 saturated heterocycles. The molecule has 2 aliphatic heterocycles. The molecule has 0 saturated carbocycles. The minimum Gasteiger partial charge on any atom is -0.303 e. The van der Waals surface area contributed by atoms with Gasteiger partial charge in [0.25, 0.3) is 11.8 Å². The van der Waals surface area contributed by atoms with Gasteiger partial charge in [-0.1, -0.05) is 29.9 Å². The van der Waals surface area contributed by atoms with Crippen LogP contribution >= 0.6 is 11.3 Å². The lowest BCUT2D eigenvalue weighted by Crippen LogP contribution is -2.32. The Kier molecular flexibility index (Phi) is 5.96. The predicted molar refractivity (Wildman–Crippen MR) is 109 cm³/mol. The van der Waals surface area contributed by atoms with Gasteiger partial charge in [-0.2, -0.15) is 0 Å². The smallest absolute Gasteiger partial charge is 0.261 e. The number of anilines is 1. The number of hydrogen-bond acceptors (Lipinski definition) is 7. The number of hydrogen-bond donors (Lipinski definition) is 1. The highest BCUT2D eigenvalue weighted by Crippen LogP contribution is 2.23. The molecule has 2 aliphatic rings. The van der Waals surface area contributed by atoms with Crippen molar-refractivity contribution in [3.05, 3.63) is 40.4 Å². The second kappa shape index (κ2) is 8.79. The zero-order valence-electron chi connectivity index (χ0n) is 16.1. The average molecular weight is 414 g/mol. The summed E-state index contributed by atoms with van der Waals surface area (Å²) in [6.45, 7) is 3.28. The maximum Gasteiger partial charge on any atom is 0.261 e. The number of piperidine rings is 1. The zero-order valence-corrected chi connectivity index (χ0v) is 16.9. The van der Waals surface area contributed by atoms with Gasteiger partial charge < -0.3 is 10.2 Å². The third-order valence-corrected chi connectivity index (χ3v) is 6.14. The van der Waals surface area contributed by atoms with Crippen molar-refractivity contribution in [1.82, 2.24) is 20.0 Å². The summed E-state index contributed by atoms with van der Waals surface area (Å²) in [6, 6.07) is 6.70. The lowest BCUT2D eigenvalue weighted by Gasteiger charge is -2.25. The normalized spacial score (nSPS) is 16.9. The van der Waals surface area contributed by atoms with Crippen molar-refractivity contribution in [2.75, 3.05) is 31.5 Å². The van der Waals surface area contributed by atoms with E-state index in [1.807, 2.05) is 0 Å². The highest BCUT2D eigenvalue weighted by Gasteiger charge is 2.35. The number of nitrogens with one attached hydrogen (secondary N) is 1. The van der Waals surface area contributed by atoms with Gasteiger partial charge in [0, 0.05) is 25.9 Å². The lowest BCUT2D eigenvalue weighted by atomic mass is 10.1. The van der Waals surface area contributed by atoms with Crippen molar-refractivity contribution in [2.24, 2.45) is 0 Å². The van der Waals surface area contributed by atoms with Crippen LogP contribution < -0.4 is 5.32 Å². The second-order valence-electron chi connectivity index (χ2n) is 7.26. The number of nitrogens with zero attached hydrogens (tertiary/aromatic N) is 4. The number of carbonyl (C=O) groups is 3. The molecule has 1 aromatic carbocycles. The molecule has 0 atom stereocenters. The van der Waals surface area contributed by atoms with E-state index in [0.717, 1.165) is 36.0 Å². The summed E-state index contributed by atoms with van der Waals surface area (Å²) in [7, 11) is 0. The first-order valence-corrected chi connectivity index (χ1v) is 10.7. The first-order valence-electron chi connectivity index (χ1n) is 9.91. The van der Waals surface area contributed by atoms with Crippen LogP contribution in [0.5, 0.6) is 0 Å². The van der Waals surface area contributed by atoms with E-state index in [0.29, 0.717) is 16.3 Å². The van der Waals surface area contributed by atoms with Crippen LogP contribution in [0.3, 0.4) is 0 Å². The van der Waals surface area contributed by atoms with Crippen LogP contribution in [0.4, 0.5) is 5.13 Å². The fourth-order valence-electron chi connectivity index (χ4n) is 3.68. The van der Waals surface area contributed by atoms with Crippen LogP contribution in [0.15, 0.2) is 24.3 Å². The molecular weight excluding hydrogens is 390 g/mol. The molecule has 1 fully saturated rings. The number of amides is 3. The topological polar surface area (TPSA) is 95.5 Å². The van der Waals surface area contributed by atoms with Crippen LogP contribution in [0, 0.1) is 0 Å². The van der Waals surface area contributed by atoms with E-state index in [1.165, 1.54) is 30.6 Å². The number of rotatable bonds is 7. The van der Waals surface area contributed by atoms with Gasteiger partial charge in [-0.25, -0.2) is 0 Å². The predicted octanol–water partition coefficient (Wildman–Crippen LogP) is 2.19. The summed E-state index contributed by atoms with van der Waals surface area (Å²) in [5, 5.41) is 12.2. The van der Waals surface area contributed by atoms with Crippen molar-refractivity contribution in [3.63, 3.8) is 0 Å². The quantitative estimate of drug-likeness (QED) is 0.699. The van der Waals surface area contributed by atoms with Crippen molar-refractivity contribution in [1.29, 1.82) is 0 Å². The molecule has 8 nitrogen and oxygen atoms in total. The molecule has 0 spiro atoms. The van der Waals surface area contributed by atoms with E-state index in [1.54, 1.807) is 24.3 Å². The Bertz CT molecular complexity index is 887. The summed E-state index contributed by atoms with van der Waals surface area (Å²) in [5.74, 6) is -0.996. The van der Waals surface area contributed by atoms with Crippen LogP contribution in [0.2, 0.25) is 0 Å². The molecule has 0 unspecified atom stereocenters. The molecule has 3 heterocycles. The van der Waals surface area contributed by atoms with Gasteiger partial charge in [-0.15, -0.1) is 10.2 Å². The fraction of sp³-hybridized carbons (Fsp3) is 0.450. The van der Waals surface area contributed by atoms with Gasteiger partial charge in [0.15, 0.2) is 0 Å². The number of carbonyl (C=O) groups excluding carboxylic acids is 3. The van der Waals surface area contributed by atoms with Crippen LogP contribution in [-0.4, -0.2) is 63.9 Å². The van der Waals surface area contributed by atoms with E-state index in [9.17, 15) is 14.4 Å². The molecule has 0 radical (unpaired) electrons. The van der Waals surface area contributed by atoms with E-state index in [4.69, 9.17) is 0 Å². The Morgan fingerprint density at radius 2 is 1.69 bits per heavy atom. The SMILES string of the molecule is O=C(CCN1C(=O)c2ccccc2C1=O)Nc1nnc(CCN2CCCCC2)s1. The number of benzene rings is 1. The monoisotopic (exact) mass is 413 g/mol. The Morgan fingerprint density at radius 1 is 1.00 bits per heavy atom. The highest BCUT2D eigenvalue weighted by atomic mass is 32.1. The summed E-state index contributed by atoms with van der Waals surface area (Å²) in [4.78, 5) is 40.5. The Balaban J connectivity index is 1.25. The van der Waals surface area contributed by atoms with Gasteiger partial charge in [0.05, 0.1) is 11.1 Å². The lowest BCUT2D eigenvalue weighted by molar-refractivity contribution is -0.116. The molecule has 0 aliphatic carbocycles. The van der Waals surface area contributed by atoms with Crippen molar-refractivity contribution in [2.45, 2.75) is 32.1 Å². The minimum absolute atomic E-state index is 0.0220. The second-order valence-corrected chi connectivity index (χ2v) is 8.32. The average Bonchev–Trinajstić information content (AvgIpc) is 3.29. The summed E-state index contributed by atoms with van der Waals surface area (Å²) in [6.07, 6.45) is 4.66. The molecular formula is C20H23N5O3S. The minimum atomic E-state index is -0.352. The molecule has 0 bridgehead atoms. The Labute approximate surface area is 172 Å². The van der Waals surface area contributed by atoms with E-state index < -0.39 is 0 Å². The first kappa shape index (κ1) is 19.7. The number of fused-ring (bicyclic) bond motifs is 1. The Hall–Kier alpha value is -2.65. The summed E-state index contributed by atoms with van der Waals surface area (Å²) in [5.41, 5.74) is 0.778.